The molecule has 3 aromatic rings. The maximum Gasteiger partial charge on any atom is 0.174 e. The number of piperazine rings is 1. The van der Waals surface area contributed by atoms with Crippen LogP contribution >= 0.6 is 22.9 Å². The Bertz CT molecular complexity index is 974. The number of halogens is 1. The molecule has 1 aliphatic heterocycles. The second-order valence-electron chi connectivity index (χ2n) is 7.14. The van der Waals surface area contributed by atoms with Gasteiger partial charge in [0.1, 0.15) is 16.2 Å². The Morgan fingerprint density at radius 3 is 3.04 bits per heavy atom. The Kier molecular flexibility index (Phi) is 5.42. The van der Waals surface area contributed by atoms with E-state index in [0.29, 0.717) is 34.0 Å². The maximum atomic E-state index is 10.7. The van der Waals surface area contributed by atoms with Gasteiger partial charge < -0.3 is 20.6 Å². The van der Waals surface area contributed by atoms with Gasteiger partial charge in [-0.1, -0.05) is 18.5 Å². The Hall–Kier alpha value is -1.94. The monoisotopic (exact) mass is 421 g/mol. The minimum atomic E-state index is -0.955. The lowest BCUT2D eigenvalue weighted by Crippen LogP contribution is -2.55. The van der Waals surface area contributed by atoms with Crippen molar-refractivity contribution >= 4 is 44.8 Å². The standard InChI is InChI=1S/C18H24ClN7OS/c1-4-11-7-26(10(2)5-20-11)14-6-21-18-15(23-14)12(9-28-18)17(27)22-13-8-25(3)24-16(13)19/h6,8-11,17,20,22,27H,4-5,7H2,1-3H3/t10-,11?,17?/m1/s1. The van der Waals surface area contributed by atoms with Crippen molar-refractivity contribution in [2.75, 3.05) is 23.3 Å². The zero-order valence-corrected chi connectivity index (χ0v) is 17.6. The van der Waals surface area contributed by atoms with Crippen LogP contribution in [0.3, 0.4) is 0 Å². The van der Waals surface area contributed by atoms with Crippen molar-refractivity contribution in [1.29, 1.82) is 0 Å². The number of aliphatic hydroxyl groups is 1. The second-order valence-corrected chi connectivity index (χ2v) is 8.36. The van der Waals surface area contributed by atoms with Crippen molar-refractivity contribution in [2.45, 2.75) is 38.6 Å². The lowest BCUT2D eigenvalue weighted by molar-refractivity contribution is 0.210. The van der Waals surface area contributed by atoms with Gasteiger partial charge in [0.15, 0.2) is 11.4 Å². The SMILES string of the molecule is CCC1CN(c2cnc3scc(C(O)Nc4cn(C)nc4Cl)c3n2)[C@H](C)CN1. The van der Waals surface area contributed by atoms with E-state index in [2.05, 4.69) is 39.5 Å². The molecule has 1 aliphatic rings. The third kappa shape index (κ3) is 3.67. The number of nitrogens with zero attached hydrogens (tertiary/aromatic N) is 5. The minimum absolute atomic E-state index is 0.313. The largest absolute Gasteiger partial charge is 0.369 e. The second kappa shape index (κ2) is 7.82. The quantitative estimate of drug-likeness (QED) is 0.545. The summed E-state index contributed by atoms with van der Waals surface area (Å²) < 4.78 is 1.59. The molecule has 2 unspecified atom stereocenters. The van der Waals surface area contributed by atoms with Crippen LogP contribution in [0, 0.1) is 0 Å². The molecule has 3 N–H and O–H groups in total. The van der Waals surface area contributed by atoms with Crippen molar-refractivity contribution in [1.82, 2.24) is 25.1 Å². The highest BCUT2D eigenvalue weighted by Gasteiger charge is 2.26. The van der Waals surface area contributed by atoms with Crippen LogP contribution in [0.5, 0.6) is 0 Å². The molecular weight excluding hydrogens is 398 g/mol. The molecule has 1 fully saturated rings. The molecule has 0 radical (unpaired) electrons. The Morgan fingerprint density at radius 2 is 2.32 bits per heavy atom. The molecule has 0 aliphatic carbocycles. The van der Waals surface area contributed by atoms with Crippen LogP contribution in [0.25, 0.3) is 10.3 Å². The first-order chi connectivity index (χ1) is 13.5. The topological polar surface area (TPSA) is 91.1 Å². The van der Waals surface area contributed by atoms with Gasteiger partial charge in [0.25, 0.3) is 0 Å². The van der Waals surface area contributed by atoms with Gasteiger partial charge in [-0.05, 0) is 13.3 Å². The summed E-state index contributed by atoms with van der Waals surface area (Å²) in [7, 11) is 1.78. The van der Waals surface area contributed by atoms with Crippen LogP contribution in [0.1, 0.15) is 32.1 Å². The van der Waals surface area contributed by atoms with Crippen LogP contribution in [-0.4, -0.2) is 50.0 Å². The van der Waals surface area contributed by atoms with E-state index in [1.54, 1.807) is 17.9 Å². The molecule has 0 saturated carbocycles. The van der Waals surface area contributed by atoms with E-state index < -0.39 is 6.23 Å². The van der Waals surface area contributed by atoms with E-state index in [9.17, 15) is 5.11 Å². The summed E-state index contributed by atoms with van der Waals surface area (Å²) in [5.74, 6) is 0.839. The van der Waals surface area contributed by atoms with Gasteiger partial charge in [-0.25, -0.2) is 9.97 Å². The molecule has 150 valence electrons. The fraction of sp³-hybridized carbons (Fsp3) is 0.500. The van der Waals surface area contributed by atoms with Gasteiger partial charge in [-0.15, -0.1) is 11.3 Å². The number of aryl methyl sites for hydroxylation is 1. The number of rotatable bonds is 5. The number of aliphatic hydroxyl groups excluding tert-OH is 1. The first-order valence-corrected chi connectivity index (χ1v) is 10.6. The highest BCUT2D eigenvalue weighted by atomic mass is 35.5. The van der Waals surface area contributed by atoms with Gasteiger partial charge in [-0.2, -0.15) is 5.10 Å². The lowest BCUT2D eigenvalue weighted by Gasteiger charge is -2.39. The average molecular weight is 422 g/mol. The van der Waals surface area contributed by atoms with E-state index in [0.717, 1.165) is 30.2 Å². The summed E-state index contributed by atoms with van der Waals surface area (Å²) in [5, 5.41) is 23.6. The number of thiophene rings is 1. The smallest absolute Gasteiger partial charge is 0.174 e. The summed E-state index contributed by atoms with van der Waals surface area (Å²) in [6.07, 6.45) is 3.67. The molecule has 8 nitrogen and oxygen atoms in total. The fourth-order valence-electron chi connectivity index (χ4n) is 3.46. The third-order valence-corrected chi connectivity index (χ3v) is 6.28. The fourth-order valence-corrected chi connectivity index (χ4v) is 4.55. The van der Waals surface area contributed by atoms with Crippen LogP contribution in [0.4, 0.5) is 11.5 Å². The molecule has 0 amide bonds. The number of nitrogens with one attached hydrogen (secondary N) is 2. The van der Waals surface area contributed by atoms with E-state index >= 15 is 0 Å². The van der Waals surface area contributed by atoms with Crippen LogP contribution in [-0.2, 0) is 7.05 Å². The van der Waals surface area contributed by atoms with Crippen LogP contribution in [0.15, 0.2) is 17.8 Å². The van der Waals surface area contributed by atoms with Gasteiger partial charge in [0, 0.05) is 49.4 Å². The molecule has 1 saturated heterocycles. The normalized spacial score (nSPS) is 21.2. The Labute approximate surface area is 172 Å². The Morgan fingerprint density at radius 1 is 1.50 bits per heavy atom. The number of hydrogen-bond donors (Lipinski definition) is 3. The van der Waals surface area contributed by atoms with Crippen molar-refractivity contribution in [3.63, 3.8) is 0 Å². The zero-order chi connectivity index (χ0) is 19.8. The maximum absolute atomic E-state index is 10.7. The van der Waals surface area contributed by atoms with E-state index in [-0.39, 0.29) is 0 Å². The Balaban J connectivity index is 1.63. The molecule has 3 atom stereocenters. The summed E-state index contributed by atoms with van der Waals surface area (Å²) >= 11 is 7.56. The van der Waals surface area contributed by atoms with Crippen molar-refractivity contribution < 1.29 is 5.11 Å². The molecule has 10 heteroatoms. The summed E-state index contributed by atoms with van der Waals surface area (Å²) in [6, 6.07) is 0.768. The predicted octanol–water partition coefficient (Wildman–Crippen LogP) is 2.76. The van der Waals surface area contributed by atoms with Crippen molar-refractivity contribution in [3.05, 3.63) is 28.5 Å². The molecule has 4 rings (SSSR count). The molecule has 4 heterocycles. The summed E-state index contributed by atoms with van der Waals surface area (Å²) in [4.78, 5) is 12.5. The molecule has 3 aromatic heterocycles. The van der Waals surface area contributed by atoms with Crippen LogP contribution < -0.4 is 15.5 Å². The van der Waals surface area contributed by atoms with Crippen LogP contribution in [0.2, 0.25) is 5.15 Å². The van der Waals surface area contributed by atoms with E-state index in [4.69, 9.17) is 16.6 Å². The summed E-state index contributed by atoms with van der Waals surface area (Å²) in [6.45, 7) is 6.17. The first-order valence-electron chi connectivity index (χ1n) is 9.34. The first kappa shape index (κ1) is 19.4. The molecule has 0 spiro atoms. The van der Waals surface area contributed by atoms with E-state index in [1.165, 1.54) is 11.3 Å². The van der Waals surface area contributed by atoms with E-state index in [1.807, 2.05) is 11.6 Å². The molecule has 0 aromatic carbocycles. The minimum Gasteiger partial charge on any atom is -0.369 e. The molecule has 0 bridgehead atoms. The predicted molar refractivity (Wildman–Crippen MR) is 113 cm³/mol. The lowest BCUT2D eigenvalue weighted by atomic mass is 10.1. The van der Waals surface area contributed by atoms with Gasteiger partial charge >= 0.3 is 0 Å². The van der Waals surface area contributed by atoms with Crippen molar-refractivity contribution in [2.24, 2.45) is 7.05 Å². The van der Waals surface area contributed by atoms with Gasteiger partial charge in [0.05, 0.1) is 11.9 Å². The average Bonchev–Trinajstić information content (AvgIpc) is 3.24. The number of fused-ring (bicyclic) bond motifs is 1. The van der Waals surface area contributed by atoms with Gasteiger partial charge in [-0.3, -0.25) is 4.68 Å². The number of aromatic nitrogens is 4. The van der Waals surface area contributed by atoms with Crippen molar-refractivity contribution in [3.8, 4) is 0 Å². The number of hydrogen-bond acceptors (Lipinski definition) is 8. The zero-order valence-electron chi connectivity index (χ0n) is 16.1. The summed E-state index contributed by atoms with van der Waals surface area (Å²) in [5.41, 5.74) is 1.96. The number of anilines is 2. The highest BCUT2D eigenvalue weighted by Crippen LogP contribution is 2.32. The van der Waals surface area contributed by atoms with Gasteiger partial charge in [0.2, 0.25) is 0 Å². The molecular formula is C18H24ClN7OS. The molecule has 28 heavy (non-hydrogen) atoms. The highest BCUT2D eigenvalue weighted by molar-refractivity contribution is 7.16. The third-order valence-electron chi connectivity index (χ3n) is 5.11.